The first kappa shape index (κ1) is 19.7. The Morgan fingerprint density at radius 3 is 2.44 bits per heavy atom. The number of aromatic carboxylic acids is 1. The summed E-state index contributed by atoms with van der Waals surface area (Å²) in [5, 5.41) is 9.53. The highest BCUT2D eigenvalue weighted by molar-refractivity contribution is 7.81. The van der Waals surface area contributed by atoms with Gasteiger partial charge in [-0.25, -0.2) is 13.3 Å². The lowest BCUT2D eigenvalue weighted by Crippen LogP contribution is -2.23. The number of hydrogen-bond acceptors (Lipinski definition) is 5. The largest absolute Gasteiger partial charge is 0.478 e. The van der Waals surface area contributed by atoms with Crippen molar-refractivity contribution in [3.05, 3.63) is 69.3 Å². The van der Waals surface area contributed by atoms with Crippen molar-refractivity contribution in [2.75, 3.05) is 4.31 Å². The van der Waals surface area contributed by atoms with E-state index in [1.165, 1.54) is 6.07 Å². The quantitative estimate of drug-likeness (QED) is 0.546. The molecule has 0 saturated carbocycles. The van der Waals surface area contributed by atoms with Crippen LogP contribution in [-0.4, -0.2) is 28.6 Å². The smallest absolute Gasteiger partial charge is 0.337 e. The molecular weight excluding hydrogens is 433 g/mol. The van der Waals surface area contributed by atoms with E-state index >= 15 is 0 Å². The third-order valence-electron chi connectivity index (χ3n) is 3.59. The Kier molecular flexibility index (Phi) is 6.08. The van der Waals surface area contributed by atoms with Gasteiger partial charge in [0, 0.05) is 6.42 Å². The van der Waals surface area contributed by atoms with Crippen LogP contribution in [0.4, 0.5) is 11.5 Å². The maximum Gasteiger partial charge on any atom is 0.337 e. The lowest BCUT2D eigenvalue weighted by atomic mass is 10.1. The molecule has 0 bridgehead atoms. The van der Waals surface area contributed by atoms with E-state index in [-0.39, 0.29) is 27.1 Å². The monoisotopic (exact) mass is 443 g/mol. The third kappa shape index (κ3) is 4.28. The SMILES string of the molecule is O=C(O)c1cc(Cl)c(Cl)cc1N(c1nsnc1Cc1ccccc1)S(=O)O. The zero-order valence-electron chi connectivity index (χ0n) is 13.4. The predicted octanol–water partition coefficient (Wildman–Crippen LogP) is 4.41. The van der Waals surface area contributed by atoms with Gasteiger partial charge in [0.2, 0.25) is 0 Å². The predicted molar refractivity (Wildman–Crippen MR) is 105 cm³/mol. The molecule has 3 aromatic rings. The molecule has 0 radical (unpaired) electrons. The molecule has 0 aliphatic carbocycles. The summed E-state index contributed by atoms with van der Waals surface area (Å²) in [5.41, 5.74) is 0.948. The summed E-state index contributed by atoms with van der Waals surface area (Å²) in [5.74, 6) is -1.25. The van der Waals surface area contributed by atoms with E-state index in [4.69, 9.17) is 23.2 Å². The molecule has 0 saturated heterocycles. The topological polar surface area (TPSA) is 104 Å². The van der Waals surface area contributed by atoms with Gasteiger partial charge in [0.1, 0.15) is 5.69 Å². The third-order valence-corrected chi connectivity index (χ3v) is 5.55. The van der Waals surface area contributed by atoms with E-state index in [9.17, 15) is 18.7 Å². The summed E-state index contributed by atoms with van der Waals surface area (Å²) in [4.78, 5) is 11.6. The second-order valence-electron chi connectivity index (χ2n) is 5.31. The first-order chi connectivity index (χ1) is 12.9. The van der Waals surface area contributed by atoms with Crippen molar-refractivity contribution >= 4 is 63.7 Å². The number of benzene rings is 2. The van der Waals surface area contributed by atoms with Crippen LogP contribution in [0.2, 0.25) is 10.0 Å². The number of nitrogens with zero attached hydrogens (tertiary/aromatic N) is 3. The van der Waals surface area contributed by atoms with Gasteiger partial charge in [-0.1, -0.05) is 53.5 Å². The Morgan fingerprint density at radius 2 is 1.81 bits per heavy atom. The van der Waals surface area contributed by atoms with Gasteiger partial charge in [-0.05, 0) is 17.7 Å². The average Bonchev–Trinajstić information content (AvgIpc) is 3.06. The van der Waals surface area contributed by atoms with Gasteiger partial charge < -0.3 is 5.11 Å². The Morgan fingerprint density at radius 1 is 1.15 bits per heavy atom. The molecule has 1 unspecified atom stereocenters. The molecule has 0 aliphatic heterocycles. The van der Waals surface area contributed by atoms with Crippen LogP contribution in [0.5, 0.6) is 0 Å². The maximum absolute atomic E-state index is 12.1. The number of hydrogen-bond donors (Lipinski definition) is 2. The molecule has 11 heteroatoms. The van der Waals surface area contributed by atoms with E-state index < -0.39 is 17.2 Å². The number of carbonyl (C=O) groups is 1. The molecule has 2 N–H and O–H groups in total. The summed E-state index contributed by atoms with van der Waals surface area (Å²) in [7, 11) is 0. The highest BCUT2D eigenvalue weighted by atomic mass is 35.5. The minimum Gasteiger partial charge on any atom is -0.478 e. The summed E-state index contributed by atoms with van der Waals surface area (Å²) in [6, 6.07) is 11.7. The van der Waals surface area contributed by atoms with Gasteiger partial charge in [-0.15, -0.1) is 0 Å². The van der Waals surface area contributed by atoms with E-state index in [1.54, 1.807) is 0 Å². The average molecular weight is 444 g/mol. The Bertz CT molecular complexity index is 1010. The van der Waals surface area contributed by atoms with Crippen LogP contribution in [0.25, 0.3) is 0 Å². The second-order valence-corrected chi connectivity index (χ2v) is 7.48. The first-order valence-electron chi connectivity index (χ1n) is 7.37. The molecule has 27 heavy (non-hydrogen) atoms. The maximum atomic E-state index is 12.1. The van der Waals surface area contributed by atoms with Crippen molar-refractivity contribution in [2.45, 2.75) is 6.42 Å². The van der Waals surface area contributed by atoms with Gasteiger partial charge in [0.05, 0.1) is 33.0 Å². The fourth-order valence-corrected chi connectivity index (χ4v) is 3.94. The molecule has 1 atom stereocenters. The number of anilines is 2. The van der Waals surface area contributed by atoms with Crippen LogP contribution in [0.1, 0.15) is 21.6 Å². The number of carboxylic acids is 1. The fraction of sp³-hybridized carbons (Fsp3) is 0.0625. The molecule has 7 nitrogen and oxygen atoms in total. The van der Waals surface area contributed by atoms with Gasteiger partial charge in [-0.2, -0.15) is 8.75 Å². The normalized spacial score (nSPS) is 12.0. The Balaban J connectivity index is 2.12. The summed E-state index contributed by atoms with van der Waals surface area (Å²) >= 11 is 10.1. The van der Waals surface area contributed by atoms with Crippen LogP contribution in [0.3, 0.4) is 0 Å². The van der Waals surface area contributed by atoms with Crippen molar-refractivity contribution in [1.82, 2.24) is 8.75 Å². The molecule has 0 aliphatic rings. The Hall–Kier alpha value is -2.04. The molecule has 1 aromatic heterocycles. The van der Waals surface area contributed by atoms with Crippen molar-refractivity contribution in [2.24, 2.45) is 0 Å². The lowest BCUT2D eigenvalue weighted by Gasteiger charge is -2.21. The lowest BCUT2D eigenvalue weighted by molar-refractivity contribution is 0.0698. The van der Waals surface area contributed by atoms with Crippen LogP contribution >= 0.6 is 34.9 Å². The Labute approximate surface area is 170 Å². The van der Waals surface area contributed by atoms with E-state index in [0.29, 0.717) is 12.1 Å². The highest BCUT2D eigenvalue weighted by Gasteiger charge is 2.28. The van der Waals surface area contributed by atoms with E-state index in [0.717, 1.165) is 27.7 Å². The number of rotatable bonds is 6. The zero-order valence-corrected chi connectivity index (χ0v) is 16.5. The molecule has 0 spiro atoms. The summed E-state index contributed by atoms with van der Waals surface area (Å²) in [6.45, 7) is 0. The zero-order chi connectivity index (χ0) is 19.6. The molecule has 140 valence electrons. The first-order valence-corrected chi connectivity index (χ1v) is 9.92. The number of carboxylic acid groups (broad SMARTS) is 1. The van der Waals surface area contributed by atoms with Gasteiger partial charge in [0.15, 0.2) is 5.82 Å². The van der Waals surface area contributed by atoms with Crippen LogP contribution in [0.15, 0.2) is 42.5 Å². The van der Waals surface area contributed by atoms with Crippen molar-refractivity contribution in [1.29, 1.82) is 0 Å². The molecule has 0 amide bonds. The van der Waals surface area contributed by atoms with E-state index in [1.807, 2.05) is 30.3 Å². The fourth-order valence-electron chi connectivity index (χ4n) is 2.40. The van der Waals surface area contributed by atoms with Crippen LogP contribution < -0.4 is 4.31 Å². The van der Waals surface area contributed by atoms with Crippen molar-refractivity contribution in [3.63, 3.8) is 0 Å². The van der Waals surface area contributed by atoms with E-state index in [2.05, 4.69) is 8.75 Å². The summed E-state index contributed by atoms with van der Waals surface area (Å²) < 4.78 is 31.1. The molecule has 1 heterocycles. The van der Waals surface area contributed by atoms with Crippen LogP contribution in [-0.2, 0) is 17.7 Å². The van der Waals surface area contributed by atoms with Gasteiger partial charge in [-0.3, -0.25) is 4.55 Å². The van der Waals surface area contributed by atoms with Gasteiger partial charge >= 0.3 is 5.97 Å². The van der Waals surface area contributed by atoms with Crippen molar-refractivity contribution < 1.29 is 18.7 Å². The molecule has 0 fully saturated rings. The molecular formula is C16H11Cl2N3O4S2. The molecule has 2 aromatic carbocycles. The molecule has 3 rings (SSSR count). The minimum atomic E-state index is -2.62. The summed E-state index contributed by atoms with van der Waals surface area (Å²) in [6.07, 6.45) is 0.351. The highest BCUT2D eigenvalue weighted by Crippen LogP contribution is 2.37. The number of halogens is 2. The van der Waals surface area contributed by atoms with Crippen LogP contribution in [0, 0.1) is 0 Å². The number of aromatic nitrogens is 2. The van der Waals surface area contributed by atoms with Gasteiger partial charge in [0.25, 0.3) is 11.3 Å². The second kappa shape index (κ2) is 8.32. The standard InChI is InChI=1S/C16H11Cl2N3O4S2/c17-11-7-10(16(22)23)14(8-12(11)18)21(27(24)25)15-13(19-26-20-15)6-9-4-2-1-3-5-9/h1-5,7-8H,6H2,(H,22,23)(H,24,25). The van der Waals surface area contributed by atoms with Crippen molar-refractivity contribution in [3.8, 4) is 0 Å². The minimum absolute atomic E-state index is 0.0161.